The maximum absolute atomic E-state index is 11.8. The number of carbonyl (C=O) groups excluding carboxylic acids is 2. The van der Waals surface area contributed by atoms with Crippen LogP contribution in [0.25, 0.3) is 21.8 Å². The Balaban J connectivity index is 0.00000243. The molecule has 3 rings (SSSR count). The van der Waals surface area contributed by atoms with Gasteiger partial charge >= 0.3 is 0 Å². The number of aromatic nitrogens is 1. The number of nitrogens with one attached hydrogen (secondary N) is 1. The number of nitrogens with zero attached hydrogens (tertiary/aromatic N) is 1. The number of halogens is 1. The first-order valence-electron chi connectivity index (χ1n) is 8.69. The number of benzene rings is 2. The Morgan fingerprint density at radius 3 is 1.77 bits per heavy atom. The van der Waals surface area contributed by atoms with Crippen molar-refractivity contribution in [1.29, 1.82) is 0 Å². The monoisotopic (exact) mass is 372 g/mol. The van der Waals surface area contributed by atoms with Gasteiger partial charge in [0.25, 0.3) is 0 Å². The number of carbonyl (C=O) groups is 2. The van der Waals surface area contributed by atoms with Crippen LogP contribution in [0.5, 0.6) is 0 Å². The van der Waals surface area contributed by atoms with Crippen molar-refractivity contribution in [2.75, 3.05) is 6.54 Å². The van der Waals surface area contributed by atoms with Gasteiger partial charge in [-0.3, -0.25) is 9.59 Å². The lowest BCUT2D eigenvalue weighted by Crippen LogP contribution is -2.26. The Morgan fingerprint density at radius 2 is 1.38 bits per heavy atom. The first kappa shape index (κ1) is 20.1. The molecule has 0 amide bonds. The van der Waals surface area contributed by atoms with E-state index in [0.29, 0.717) is 17.2 Å². The third-order valence-corrected chi connectivity index (χ3v) is 4.57. The minimum atomic E-state index is 0. The molecule has 1 aromatic heterocycles. The van der Waals surface area contributed by atoms with Crippen molar-refractivity contribution < 1.29 is 9.59 Å². The predicted molar refractivity (Wildman–Crippen MR) is 110 cm³/mol. The van der Waals surface area contributed by atoms with Crippen LogP contribution in [0.3, 0.4) is 0 Å². The Labute approximate surface area is 160 Å². The average molecular weight is 373 g/mol. The molecule has 0 bridgehead atoms. The standard InChI is InChI=1S/C21H24N2O2.ClH/c1-13(2)22-9-10-23-20-7-5-16(14(3)24)11-18(20)19-12-17(15(4)25)6-8-21(19)23;/h5-8,11-13,22H,9-10H2,1-4H3;1H. The van der Waals surface area contributed by atoms with Crippen LogP contribution in [0.2, 0.25) is 0 Å². The van der Waals surface area contributed by atoms with Gasteiger partial charge in [-0.1, -0.05) is 13.8 Å². The Kier molecular flexibility index (Phi) is 6.21. The molecule has 0 aliphatic carbocycles. The lowest BCUT2D eigenvalue weighted by Gasteiger charge is -2.11. The van der Waals surface area contributed by atoms with E-state index in [4.69, 9.17) is 0 Å². The van der Waals surface area contributed by atoms with Crippen LogP contribution in [0.4, 0.5) is 0 Å². The lowest BCUT2D eigenvalue weighted by molar-refractivity contribution is 0.100. The van der Waals surface area contributed by atoms with Gasteiger partial charge in [-0.15, -0.1) is 12.4 Å². The van der Waals surface area contributed by atoms with Crippen LogP contribution in [-0.4, -0.2) is 28.7 Å². The summed E-state index contributed by atoms with van der Waals surface area (Å²) in [5.74, 6) is 0.0963. The minimum Gasteiger partial charge on any atom is -0.339 e. The molecule has 138 valence electrons. The summed E-state index contributed by atoms with van der Waals surface area (Å²) in [6.07, 6.45) is 0. The summed E-state index contributed by atoms with van der Waals surface area (Å²) in [6, 6.07) is 12.1. The summed E-state index contributed by atoms with van der Waals surface area (Å²) in [7, 11) is 0. The molecule has 0 saturated heterocycles. The molecule has 2 aromatic carbocycles. The second-order valence-electron chi connectivity index (χ2n) is 6.84. The van der Waals surface area contributed by atoms with Gasteiger partial charge in [-0.05, 0) is 50.2 Å². The third-order valence-electron chi connectivity index (χ3n) is 4.57. The van der Waals surface area contributed by atoms with Crippen molar-refractivity contribution in [2.24, 2.45) is 0 Å². The van der Waals surface area contributed by atoms with Crippen LogP contribution in [0.1, 0.15) is 48.4 Å². The van der Waals surface area contributed by atoms with Gasteiger partial charge in [0.15, 0.2) is 11.6 Å². The topological polar surface area (TPSA) is 51.1 Å². The number of Topliss-reactive ketones (excluding diaryl/α,β-unsaturated/α-hetero) is 2. The summed E-state index contributed by atoms with van der Waals surface area (Å²) in [5.41, 5.74) is 3.57. The fourth-order valence-electron chi connectivity index (χ4n) is 3.25. The molecule has 4 nitrogen and oxygen atoms in total. The number of rotatable bonds is 6. The molecule has 1 N–H and O–H groups in total. The summed E-state index contributed by atoms with van der Waals surface area (Å²) in [6.45, 7) is 9.10. The summed E-state index contributed by atoms with van der Waals surface area (Å²) in [4.78, 5) is 23.6. The summed E-state index contributed by atoms with van der Waals surface area (Å²) < 4.78 is 2.26. The molecule has 5 heteroatoms. The smallest absolute Gasteiger partial charge is 0.159 e. The van der Waals surface area contributed by atoms with E-state index >= 15 is 0 Å². The second-order valence-corrected chi connectivity index (χ2v) is 6.84. The maximum atomic E-state index is 11.8. The van der Waals surface area contributed by atoms with Gasteiger partial charge in [-0.25, -0.2) is 0 Å². The molecule has 3 aromatic rings. The van der Waals surface area contributed by atoms with Gasteiger partial charge < -0.3 is 9.88 Å². The van der Waals surface area contributed by atoms with Crippen LogP contribution in [-0.2, 0) is 6.54 Å². The zero-order chi connectivity index (χ0) is 18.1. The average Bonchev–Trinajstić information content (AvgIpc) is 2.87. The van der Waals surface area contributed by atoms with Gasteiger partial charge in [0.2, 0.25) is 0 Å². The van der Waals surface area contributed by atoms with Crippen LogP contribution in [0.15, 0.2) is 36.4 Å². The molecule has 0 spiro atoms. The fraction of sp³-hybridized carbons (Fsp3) is 0.333. The molecule has 0 fully saturated rings. The fourth-order valence-corrected chi connectivity index (χ4v) is 3.25. The predicted octanol–water partition coefficient (Wildman–Crippen LogP) is 4.62. The van der Waals surface area contributed by atoms with E-state index in [1.807, 2.05) is 36.4 Å². The third kappa shape index (κ3) is 3.81. The molecule has 26 heavy (non-hydrogen) atoms. The maximum Gasteiger partial charge on any atom is 0.159 e. The first-order valence-corrected chi connectivity index (χ1v) is 8.69. The highest BCUT2D eigenvalue weighted by atomic mass is 35.5. The normalized spacial score (nSPS) is 11.1. The van der Waals surface area contributed by atoms with Crippen LogP contribution >= 0.6 is 12.4 Å². The molecular formula is C21H25ClN2O2. The highest BCUT2D eigenvalue weighted by molar-refractivity contribution is 6.12. The second kappa shape index (κ2) is 8.02. The van der Waals surface area contributed by atoms with Crippen molar-refractivity contribution in [3.63, 3.8) is 0 Å². The van der Waals surface area contributed by atoms with Crippen molar-refractivity contribution in [1.82, 2.24) is 9.88 Å². The van der Waals surface area contributed by atoms with Gasteiger partial charge in [0, 0.05) is 52.1 Å². The van der Waals surface area contributed by atoms with E-state index in [1.165, 1.54) is 0 Å². The molecular weight excluding hydrogens is 348 g/mol. The highest BCUT2D eigenvalue weighted by Crippen LogP contribution is 2.31. The van der Waals surface area contributed by atoms with E-state index in [9.17, 15) is 9.59 Å². The summed E-state index contributed by atoms with van der Waals surface area (Å²) >= 11 is 0. The van der Waals surface area contributed by atoms with Gasteiger partial charge in [-0.2, -0.15) is 0 Å². The van der Waals surface area contributed by atoms with E-state index < -0.39 is 0 Å². The summed E-state index contributed by atoms with van der Waals surface area (Å²) in [5, 5.41) is 5.49. The number of ketones is 2. The Bertz CT molecular complexity index is 902. The zero-order valence-electron chi connectivity index (χ0n) is 15.6. The van der Waals surface area contributed by atoms with Crippen molar-refractivity contribution >= 4 is 45.8 Å². The molecule has 0 aliphatic rings. The van der Waals surface area contributed by atoms with E-state index in [-0.39, 0.29) is 24.0 Å². The molecule has 0 radical (unpaired) electrons. The van der Waals surface area contributed by atoms with Gasteiger partial charge in [0.05, 0.1) is 0 Å². The molecule has 1 heterocycles. The Hall–Kier alpha value is -2.17. The zero-order valence-corrected chi connectivity index (χ0v) is 16.4. The van der Waals surface area contributed by atoms with E-state index in [1.54, 1.807) is 13.8 Å². The number of fused-ring (bicyclic) bond motifs is 3. The molecule has 0 unspecified atom stereocenters. The van der Waals surface area contributed by atoms with E-state index in [2.05, 4.69) is 23.7 Å². The number of hydrogen-bond acceptors (Lipinski definition) is 3. The van der Waals surface area contributed by atoms with Crippen LogP contribution in [0, 0.1) is 0 Å². The minimum absolute atomic E-state index is 0. The number of hydrogen-bond donors (Lipinski definition) is 1. The Morgan fingerprint density at radius 1 is 0.923 bits per heavy atom. The molecule has 0 saturated carbocycles. The van der Waals surface area contributed by atoms with Crippen LogP contribution < -0.4 is 5.32 Å². The first-order chi connectivity index (χ1) is 11.9. The van der Waals surface area contributed by atoms with Crippen molar-refractivity contribution in [2.45, 2.75) is 40.3 Å². The quantitative estimate of drug-likeness (QED) is 0.642. The van der Waals surface area contributed by atoms with E-state index in [0.717, 1.165) is 34.9 Å². The van der Waals surface area contributed by atoms with Crippen molar-refractivity contribution in [3.05, 3.63) is 47.5 Å². The van der Waals surface area contributed by atoms with Crippen molar-refractivity contribution in [3.8, 4) is 0 Å². The largest absolute Gasteiger partial charge is 0.339 e. The molecule has 0 atom stereocenters. The molecule has 0 aliphatic heterocycles. The van der Waals surface area contributed by atoms with Gasteiger partial charge in [0.1, 0.15) is 0 Å². The highest BCUT2D eigenvalue weighted by Gasteiger charge is 2.14. The lowest BCUT2D eigenvalue weighted by atomic mass is 10.0. The SMILES string of the molecule is CC(=O)c1ccc2c(c1)c1cc(C(C)=O)ccc1n2CCNC(C)C.Cl.